The molecule has 0 bridgehead atoms. The van der Waals surface area contributed by atoms with Crippen molar-refractivity contribution in [1.29, 1.82) is 0 Å². The van der Waals surface area contributed by atoms with Crippen LogP contribution < -0.4 is 61.6 Å². The van der Waals surface area contributed by atoms with Gasteiger partial charge in [-0.2, -0.15) is 0 Å². The zero-order valence-corrected chi connectivity index (χ0v) is 13.0. The molecular weight excluding hydrogens is 255 g/mol. The van der Waals surface area contributed by atoms with E-state index in [1.165, 1.54) is 18.6 Å². The predicted octanol–water partition coefficient (Wildman–Crippen LogP) is -0.0761. The minimum atomic E-state index is -4.98. The van der Waals surface area contributed by atoms with Crippen molar-refractivity contribution in [3.8, 4) is 5.75 Å². The Morgan fingerprint density at radius 2 is 1.82 bits per heavy atom. The fourth-order valence-electron chi connectivity index (χ4n) is 1.75. The largest absolute Gasteiger partial charge is 1.00 e. The Morgan fingerprint density at radius 1 is 1.18 bits per heavy atom. The molecule has 0 saturated heterocycles. The van der Waals surface area contributed by atoms with Crippen LogP contribution in [0.4, 0.5) is 12.9 Å². The summed E-state index contributed by atoms with van der Waals surface area (Å²) in [5, 5.41) is 0. The summed E-state index contributed by atoms with van der Waals surface area (Å²) in [6, 6.07) is 5.43. The van der Waals surface area contributed by atoms with Crippen LogP contribution in [0.15, 0.2) is 24.3 Å². The van der Waals surface area contributed by atoms with Crippen LogP contribution in [-0.2, 0) is 0 Å². The van der Waals surface area contributed by atoms with E-state index in [1.54, 1.807) is 6.07 Å². The third-order valence-electron chi connectivity index (χ3n) is 2.97. The Labute approximate surface area is 142 Å². The topological polar surface area (TPSA) is 9.23 Å². The number of rotatable bonds is 4. The first kappa shape index (κ1) is 15.6. The molecule has 0 amide bonds. The van der Waals surface area contributed by atoms with E-state index in [9.17, 15) is 12.9 Å². The smallest absolute Gasteiger partial charge is 0.496 e. The number of halogens is 3. The molecule has 0 radical (unpaired) electrons. The molecule has 0 N–H and O–H groups in total. The minimum Gasteiger partial charge on any atom is -0.496 e. The number of para-hydroxylation sites is 1. The van der Waals surface area contributed by atoms with Crippen molar-refractivity contribution in [3.05, 3.63) is 24.3 Å². The molecule has 17 heavy (non-hydrogen) atoms. The van der Waals surface area contributed by atoms with Gasteiger partial charge in [-0.15, -0.1) is 0 Å². The monoisotopic (exact) mass is 268 g/mol. The molecule has 0 aliphatic heterocycles. The Balaban J connectivity index is 0.00000144. The van der Waals surface area contributed by atoms with Gasteiger partial charge in [-0.05, 0) is 24.8 Å². The molecule has 6 heteroatoms. The van der Waals surface area contributed by atoms with E-state index in [4.69, 9.17) is 4.74 Å². The van der Waals surface area contributed by atoms with Crippen molar-refractivity contribution in [1.82, 2.24) is 0 Å². The second-order valence-corrected chi connectivity index (χ2v) is 4.22. The van der Waals surface area contributed by atoms with E-state index in [-0.39, 0.29) is 57.1 Å². The quantitative estimate of drug-likeness (QED) is 0.694. The summed E-state index contributed by atoms with van der Waals surface area (Å²) in [5.74, 6) is 0.413. The van der Waals surface area contributed by atoms with Gasteiger partial charge in [-0.1, -0.05) is 30.1 Å². The molecule has 88 valence electrons. The average molecular weight is 268 g/mol. The summed E-state index contributed by atoms with van der Waals surface area (Å²) in [6.07, 6.45) is 3.30. The van der Waals surface area contributed by atoms with E-state index >= 15 is 0 Å². The number of hydrogen-bond donors (Lipinski definition) is 0. The maximum atomic E-state index is 12.7. The second kappa shape index (κ2) is 6.61. The molecule has 1 nitrogen and oxygen atoms in total. The van der Waals surface area contributed by atoms with Crippen LogP contribution in [0.3, 0.4) is 0 Å². The molecule has 1 aromatic rings. The zero-order chi connectivity index (χ0) is 11.6. The summed E-state index contributed by atoms with van der Waals surface area (Å²) in [5.41, 5.74) is -0.623. The molecule has 1 saturated carbocycles. The van der Waals surface area contributed by atoms with Gasteiger partial charge in [0.2, 0.25) is 0 Å². The number of benzene rings is 1. The fraction of sp³-hybridized carbons (Fsp3) is 0.455. The Morgan fingerprint density at radius 3 is 2.35 bits per heavy atom. The van der Waals surface area contributed by atoms with Crippen LogP contribution in [0.2, 0.25) is 0 Å². The van der Waals surface area contributed by atoms with E-state index in [0.29, 0.717) is 12.5 Å². The van der Waals surface area contributed by atoms with E-state index < -0.39 is 12.4 Å². The fourth-order valence-corrected chi connectivity index (χ4v) is 1.75. The first-order chi connectivity index (χ1) is 7.57. The maximum Gasteiger partial charge on any atom is 1.00 e. The van der Waals surface area contributed by atoms with Gasteiger partial charge in [-0.25, -0.2) is 0 Å². The maximum absolute atomic E-state index is 12.7. The molecule has 1 fully saturated rings. The third-order valence-corrected chi connectivity index (χ3v) is 2.97. The molecule has 0 atom stereocenters. The van der Waals surface area contributed by atoms with Gasteiger partial charge in [0.05, 0.1) is 12.4 Å². The van der Waals surface area contributed by atoms with Crippen LogP contribution in [0.25, 0.3) is 0 Å². The van der Waals surface area contributed by atoms with Gasteiger partial charge in [0.25, 0.3) is 0 Å². The summed E-state index contributed by atoms with van der Waals surface area (Å²) in [4.78, 5) is 0. The van der Waals surface area contributed by atoms with Crippen LogP contribution >= 0.6 is 0 Å². The Kier molecular flexibility index (Phi) is 6.06. The first-order valence-electron chi connectivity index (χ1n) is 5.49. The zero-order valence-electron chi connectivity index (χ0n) is 9.83. The summed E-state index contributed by atoms with van der Waals surface area (Å²) >= 11 is 0. The molecule has 0 spiro atoms. The predicted molar refractivity (Wildman–Crippen MR) is 58.0 cm³/mol. The van der Waals surface area contributed by atoms with Crippen molar-refractivity contribution < 1.29 is 69.1 Å². The third kappa shape index (κ3) is 4.28. The van der Waals surface area contributed by atoms with E-state index in [2.05, 4.69) is 0 Å². The van der Waals surface area contributed by atoms with Crippen LogP contribution in [-0.4, -0.2) is 13.6 Å². The molecular formula is C11H13BF3KO. The molecule has 1 aliphatic rings. The summed E-state index contributed by atoms with van der Waals surface area (Å²) < 4.78 is 43.2. The standard InChI is InChI=1S/C11H13BF3O.K/c13-12(14,15)10-6-1-2-7-11(10)16-8-9-4-3-5-9;/h1-2,6-7,9H,3-5,8H2;/q-1;+1. The minimum absolute atomic E-state index is 0. The van der Waals surface area contributed by atoms with Gasteiger partial charge >= 0.3 is 58.4 Å². The molecule has 0 aromatic heterocycles. The van der Waals surface area contributed by atoms with Crippen LogP contribution in [0.5, 0.6) is 5.75 Å². The van der Waals surface area contributed by atoms with Gasteiger partial charge < -0.3 is 17.7 Å². The number of hydrogen-bond acceptors (Lipinski definition) is 1. The average Bonchev–Trinajstić information content (AvgIpc) is 2.14. The molecule has 2 rings (SSSR count). The normalized spacial score (nSPS) is 15.9. The van der Waals surface area contributed by atoms with Gasteiger partial charge in [0.15, 0.2) is 0 Å². The summed E-state index contributed by atoms with van der Waals surface area (Å²) in [6.45, 7) is -4.57. The number of ether oxygens (including phenoxy) is 1. The first-order valence-corrected chi connectivity index (χ1v) is 5.49. The van der Waals surface area contributed by atoms with Crippen molar-refractivity contribution >= 4 is 12.4 Å². The van der Waals surface area contributed by atoms with Gasteiger partial charge in [0.1, 0.15) is 0 Å². The van der Waals surface area contributed by atoms with Crippen molar-refractivity contribution in [2.75, 3.05) is 6.61 Å². The van der Waals surface area contributed by atoms with Gasteiger partial charge in [-0.3, -0.25) is 0 Å². The van der Waals surface area contributed by atoms with Gasteiger partial charge in [0, 0.05) is 0 Å². The van der Waals surface area contributed by atoms with Crippen molar-refractivity contribution in [2.45, 2.75) is 19.3 Å². The second-order valence-electron chi connectivity index (χ2n) is 4.22. The van der Waals surface area contributed by atoms with Crippen LogP contribution in [0.1, 0.15) is 19.3 Å². The van der Waals surface area contributed by atoms with E-state index in [1.807, 2.05) is 0 Å². The molecule has 1 aromatic carbocycles. The molecule has 0 heterocycles. The van der Waals surface area contributed by atoms with Crippen molar-refractivity contribution in [3.63, 3.8) is 0 Å². The molecule has 1 aliphatic carbocycles. The SMILES string of the molecule is F[B-](F)(F)c1ccccc1OCC1CCC1.[K+]. The summed E-state index contributed by atoms with van der Waals surface area (Å²) in [7, 11) is 0. The van der Waals surface area contributed by atoms with E-state index in [0.717, 1.165) is 18.9 Å². The Hall–Kier alpha value is 0.511. The molecule has 0 unspecified atom stereocenters. The van der Waals surface area contributed by atoms with Crippen LogP contribution in [0, 0.1) is 5.92 Å². The van der Waals surface area contributed by atoms with Crippen molar-refractivity contribution in [2.24, 2.45) is 5.92 Å². The Bertz CT molecular complexity index is 366.